The summed E-state index contributed by atoms with van der Waals surface area (Å²) in [6.45, 7) is -3.14. The number of rotatable bonds is 8. The highest BCUT2D eigenvalue weighted by Crippen LogP contribution is 2.31. The van der Waals surface area contributed by atoms with Crippen LogP contribution in [-0.2, 0) is 10.0 Å². The molecule has 0 bridgehead atoms. The second-order valence-electron chi connectivity index (χ2n) is 6.49. The lowest BCUT2D eigenvalue weighted by Gasteiger charge is -2.13. The number of benzene rings is 3. The Kier molecular flexibility index (Phi) is 7.24. The number of alkyl halides is 2. The molecule has 0 aromatic heterocycles. The van der Waals surface area contributed by atoms with Gasteiger partial charge in [-0.15, -0.1) is 0 Å². The Morgan fingerprint density at radius 3 is 2.48 bits per heavy atom. The maximum absolute atomic E-state index is 12.7. The van der Waals surface area contributed by atoms with Crippen molar-refractivity contribution in [2.75, 3.05) is 17.1 Å². The molecular formula is C21H17ClF2N2O6S. The van der Waals surface area contributed by atoms with Crippen LogP contribution in [0, 0.1) is 0 Å². The summed E-state index contributed by atoms with van der Waals surface area (Å²) in [5.74, 6) is -1.62. The monoisotopic (exact) mass is 498 g/mol. The van der Waals surface area contributed by atoms with E-state index >= 15 is 0 Å². The quantitative estimate of drug-likeness (QED) is 0.388. The number of phenolic OH excluding ortho intramolecular Hbond substituents is 1. The van der Waals surface area contributed by atoms with E-state index in [4.69, 9.17) is 16.3 Å². The second-order valence-corrected chi connectivity index (χ2v) is 8.61. The number of ether oxygens (including phenoxy) is 2. The Hall–Kier alpha value is -3.57. The zero-order chi connectivity index (χ0) is 24.2. The van der Waals surface area contributed by atoms with Crippen LogP contribution in [0.3, 0.4) is 0 Å². The summed E-state index contributed by atoms with van der Waals surface area (Å²) >= 11 is 5.87. The summed E-state index contributed by atoms with van der Waals surface area (Å²) in [4.78, 5) is 12.4. The van der Waals surface area contributed by atoms with Gasteiger partial charge >= 0.3 is 6.61 Å². The normalized spacial score (nSPS) is 11.2. The molecule has 1 amide bonds. The topological polar surface area (TPSA) is 114 Å². The van der Waals surface area contributed by atoms with Crippen molar-refractivity contribution in [3.05, 3.63) is 71.2 Å². The second kappa shape index (κ2) is 9.92. The third-order valence-corrected chi connectivity index (χ3v) is 5.86. The Labute approximate surface area is 192 Å². The van der Waals surface area contributed by atoms with Gasteiger partial charge in [0, 0.05) is 10.6 Å². The highest BCUT2D eigenvalue weighted by Gasteiger charge is 2.19. The summed E-state index contributed by atoms with van der Waals surface area (Å²) in [7, 11) is -2.85. The maximum atomic E-state index is 12.7. The predicted octanol–water partition coefficient (Wildman–Crippen LogP) is 4.71. The maximum Gasteiger partial charge on any atom is 0.387 e. The number of methoxy groups -OCH3 is 1. The molecule has 0 radical (unpaired) electrons. The molecule has 3 aromatic rings. The van der Waals surface area contributed by atoms with Crippen LogP contribution >= 0.6 is 11.6 Å². The number of hydrogen-bond donors (Lipinski definition) is 3. The number of carbonyl (C=O) groups is 1. The zero-order valence-corrected chi connectivity index (χ0v) is 18.5. The number of nitrogens with one attached hydrogen (secondary N) is 2. The Bertz CT molecular complexity index is 1290. The molecule has 3 N–H and O–H groups in total. The first-order valence-electron chi connectivity index (χ1n) is 9.14. The average molecular weight is 499 g/mol. The zero-order valence-electron chi connectivity index (χ0n) is 16.9. The molecule has 0 heterocycles. The van der Waals surface area contributed by atoms with E-state index in [1.165, 1.54) is 31.4 Å². The van der Waals surface area contributed by atoms with Crippen LogP contribution in [0.5, 0.6) is 17.2 Å². The van der Waals surface area contributed by atoms with E-state index in [0.717, 1.165) is 24.3 Å². The third kappa shape index (κ3) is 6.02. The van der Waals surface area contributed by atoms with Crippen molar-refractivity contribution in [1.29, 1.82) is 0 Å². The minimum absolute atomic E-state index is 0.0186. The molecule has 0 saturated heterocycles. The van der Waals surface area contributed by atoms with E-state index in [0.29, 0.717) is 5.02 Å². The lowest BCUT2D eigenvalue weighted by molar-refractivity contribution is -0.0512. The van der Waals surface area contributed by atoms with Gasteiger partial charge in [0.05, 0.1) is 23.4 Å². The molecule has 0 unspecified atom stereocenters. The van der Waals surface area contributed by atoms with E-state index in [1.807, 2.05) is 0 Å². The fraction of sp³-hybridized carbons (Fsp3) is 0.0952. The predicted molar refractivity (Wildman–Crippen MR) is 118 cm³/mol. The van der Waals surface area contributed by atoms with Crippen molar-refractivity contribution in [2.24, 2.45) is 0 Å². The van der Waals surface area contributed by atoms with Gasteiger partial charge in [-0.05, 0) is 54.6 Å². The van der Waals surface area contributed by atoms with Crippen molar-refractivity contribution in [3.63, 3.8) is 0 Å². The SMILES string of the molecule is COc1ccc(C(=O)Nc2cc(S(=O)(=O)Nc3cccc(Cl)c3)ccc2O)cc1OC(F)F. The molecule has 33 heavy (non-hydrogen) atoms. The van der Waals surface area contributed by atoms with Gasteiger partial charge in [0.2, 0.25) is 0 Å². The van der Waals surface area contributed by atoms with Gasteiger partial charge in [0.25, 0.3) is 15.9 Å². The number of amides is 1. The molecular weight excluding hydrogens is 482 g/mol. The molecule has 0 spiro atoms. The van der Waals surface area contributed by atoms with E-state index in [-0.39, 0.29) is 33.3 Å². The van der Waals surface area contributed by atoms with Gasteiger partial charge in [-0.3, -0.25) is 9.52 Å². The van der Waals surface area contributed by atoms with Crippen molar-refractivity contribution >= 4 is 38.9 Å². The molecule has 3 rings (SSSR count). The van der Waals surface area contributed by atoms with Gasteiger partial charge in [-0.25, -0.2) is 8.42 Å². The van der Waals surface area contributed by atoms with Crippen LogP contribution in [0.4, 0.5) is 20.2 Å². The molecule has 0 fully saturated rings. The number of anilines is 2. The molecule has 3 aromatic carbocycles. The van der Waals surface area contributed by atoms with Crippen LogP contribution in [0.2, 0.25) is 5.02 Å². The standard InChI is InChI=1S/C21H17ClF2N2O6S/c1-31-18-8-5-12(9-19(18)32-21(23)24)20(28)25-16-11-15(6-7-17(16)27)33(29,30)26-14-4-2-3-13(22)10-14/h2-11,21,26-27H,1H3,(H,25,28). The summed E-state index contributed by atoms with van der Waals surface area (Å²) in [5.41, 5.74) is -0.108. The van der Waals surface area contributed by atoms with Gasteiger partial charge in [0.1, 0.15) is 5.75 Å². The first kappa shape index (κ1) is 24.1. The van der Waals surface area contributed by atoms with E-state index in [2.05, 4.69) is 14.8 Å². The molecule has 0 aliphatic heterocycles. The van der Waals surface area contributed by atoms with E-state index in [9.17, 15) is 27.1 Å². The van der Waals surface area contributed by atoms with Crippen LogP contribution in [0.1, 0.15) is 10.4 Å². The van der Waals surface area contributed by atoms with Gasteiger partial charge in [-0.1, -0.05) is 17.7 Å². The minimum Gasteiger partial charge on any atom is -0.506 e. The summed E-state index contributed by atoms with van der Waals surface area (Å²) in [6, 6.07) is 12.9. The summed E-state index contributed by atoms with van der Waals surface area (Å²) in [5, 5.41) is 12.8. The summed E-state index contributed by atoms with van der Waals surface area (Å²) < 4.78 is 62.2. The van der Waals surface area contributed by atoms with Crippen molar-refractivity contribution in [1.82, 2.24) is 0 Å². The number of carbonyl (C=O) groups excluding carboxylic acids is 1. The van der Waals surface area contributed by atoms with Gasteiger partial charge in [0.15, 0.2) is 11.5 Å². The molecule has 0 aliphatic carbocycles. The van der Waals surface area contributed by atoms with Gasteiger partial charge < -0.3 is 19.9 Å². The first-order chi connectivity index (χ1) is 15.6. The molecule has 0 atom stereocenters. The number of hydrogen-bond acceptors (Lipinski definition) is 6. The number of halogens is 3. The largest absolute Gasteiger partial charge is 0.506 e. The Morgan fingerprint density at radius 1 is 1.06 bits per heavy atom. The lowest BCUT2D eigenvalue weighted by atomic mass is 10.1. The van der Waals surface area contributed by atoms with Crippen LogP contribution in [0.15, 0.2) is 65.6 Å². The number of phenols is 1. The van der Waals surface area contributed by atoms with Crippen LogP contribution < -0.4 is 19.5 Å². The number of aromatic hydroxyl groups is 1. The lowest BCUT2D eigenvalue weighted by Crippen LogP contribution is -2.15. The third-order valence-electron chi connectivity index (χ3n) is 4.25. The van der Waals surface area contributed by atoms with Gasteiger partial charge in [-0.2, -0.15) is 8.78 Å². The molecule has 12 heteroatoms. The van der Waals surface area contributed by atoms with Crippen LogP contribution in [0.25, 0.3) is 0 Å². The number of sulfonamides is 1. The fourth-order valence-corrected chi connectivity index (χ4v) is 4.01. The fourth-order valence-electron chi connectivity index (χ4n) is 2.75. The van der Waals surface area contributed by atoms with E-state index < -0.39 is 28.3 Å². The minimum atomic E-state index is -4.09. The Balaban J connectivity index is 1.86. The average Bonchev–Trinajstić information content (AvgIpc) is 2.74. The van der Waals surface area contributed by atoms with Crippen molar-refractivity contribution in [3.8, 4) is 17.2 Å². The van der Waals surface area contributed by atoms with Crippen molar-refractivity contribution < 1.29 is 36.6 Å². The summed E-state index contributed by atoms with van der Waals surface area (Å²) in [6.07, 6.45) is 0. The van der Waals surface area contributed by atoms with Crippen molar-refractivity contribution in [2.45, 2.75) is 11.5 Å². The van der Waals surface area contributed by atoms with Crippen LogP contribution in [-0.4, -0.2) is 33.2 Å². The smallest absolute Gasteiger partial charge is 0.387 e. The molecule has 0 saturated carbocycles. The molecule has 8 nitrogen and oxygen atoms in total. The highest BCUT2D eigenvalue weighted by atomic mass is 35.5. The van der Waals surface area contributed by atoms with E-state index in [1.54, 1.807) is 12.1 Å². The molecule has 0 aliphatic rings. The highest BCUT2D eigenvalue weighted by molar-refractivity contribution is 7.92. The Morgan fingerprint density at radius 2 is 1.82 bits per heavy atom. The first-order valence-corrected chi connectivity index (χ1v) is 11.0. The molecule has 174 valence electrons.